The van der Waals surface area contributed by atoms with Gasteiger partial charge in [-0.15, -0.1) is 0 Å². The Bertz CT molecular complexity index is 537. The zero-order chi connectivity index (χ0) is 17.2. The average molecular weight is 322 g/mol. The maximum atomic E-state index is 11.7. The first-order valence-corrected chi connectivity index (χ1v) is 8.50. The number of amides is 1. The molecule has 0 bridgehead atoms. The number of nitrogens with zero attached hydrogens (tertiary/aromatic N) is 2. The summed E-state index contributed by atoms with van der Waals surface area (Å²) in [5.41, 5.74) is 7.04. The highest BCUT2D eigenvalue weighted by Gasteiger charge is 2.28. The number of carbonyl (C=O) groups is 1. The Morgan fingerprint density at radius 3 is 2.43 bits per heavy atom. The largest absolute Gasteiger partial charge is 0.446 e. The number of aromatic nitrogens is 2. The summed E-state index contributed by atoms with van der Waals surface area (Å²) < 4.78 is 7.36. The summed E-state index contributed by atoms with van der Waals surface area (Å²) >= 11 is 0. The van der Waals surface area contributed by atoms with Crippen molar-refractivity contribution in [2.24, 2.45) is 0 Å². The fourth-order valence-electron chi connectivity index (χ4n) is 3.05. The Kier molecular flexibility index (Phi) is 5.22. The summed E-state index contributed by atoms with van der Waals surface area (Å²) in [5, 5.41) is 7.47. The smallest absolute Gasteiger partial charge is 0.407 e. The highest BCUT2D eigenvalue weighted by atomic mass is 16.6. The van der Waals surface area contributed by atoms with Crippen LogP contribution in [-0.2, 0) is 10.3 Å². The third-order valence-electron chi connectivity index (χ3n) is 4.16. The van der Waals surface area contributed by atoms with Gasteiger partial charge < -0.3 is 15.8 Å². The van der Waals surface area contributed by atoms with Gasteiger partial charge in [-0.2, -0.15) is 5.10 Å². The minimum absolute atomic E-state index is 0.00653. The molecule has 1 heterocycles. The number of nitrogens with two attached hydrogens (primary N) is 1. The lowest BCUT2D eigenvalue weighted by molar-refractivity contribution is 0.0696. The Morgan fingerprint density at radius 2 is 1.96 bits per heavy atom. The summed E-state index contributed by atoms with van der Waals surface area (Å²) in [6.07, 6.45) is 3.38. The Balaban J connectivity index is 1.91. The maximum Gasteiger partial charge on any atom is 0.407 e. The van der Waals surface area contributed by atoms with Gasteiger partial charge in [-0.25, -0.2) is 9.48 Å². The van der Waals surface area contributed by atoms with E-state index in [1.165, 1.54) is 0 Å². The summed E-state index contributed by atoms with van der Waals surface area (Å²) in [6, 6.07) is 2.09. The van der Waals surface area contributed by atoms with Crippen LogP contribution < -0.4 is 11.1 Å². The van der Waals surface area contributed by atoms with E-state index in [4.69, 9.17) is 15.6 Å². The second-order valence-electron chi connectivity index (χ2n) is 7.75. The molecule has 0 aliphatic heterocycles. The van der Waals surface area contributed by atoms with Gasteiger partial charge >= 0.3 is 6.09 Å². The minimum atomic E-state index is -0.315. The molecule has 1 aliphatic carbocycles. The van der Waals surface area contributed by atoms with Crippen LogP contribution in [0.15, 0.2) is 6.07 Å². The Labute approximate surface area is 138 Å². The van der Waals surface area contributed by atoms with E-state index in [9.17, 15) is 4.79 Å². The van der Waals surface area contributed by atoms with Crippen LogP contribution in [0, 0.1) is 0 Å². The SMILES string of the molecule is CC(C)NC(=O)OC1CCC(c2cc(N)n(C(C)(C)C)n2)CC1. The lowest BCUT2D eigenvalue weighted by Crippen LogP contribution is -2.35. The van der Waals surface area contributed by atoms with Crippen LogP contribution in [0.3, 0.4) is 0 Å². The average Bonchev–Trinajstić information content (AvgIpc) is 2.80. The van der Waals surface area contributed by atoms with E-state index in [1.807, 2.05) is 24.6 Å². The second-order valence-corrected chi connectivity index (χ2v) is 7.75. The summed E-state index contributed by atoms with van der Waals surface area (Å²) in [7, 11) is 0. The number of ether oxygens (including phenoxy) is 1. The number of nitrogens with one attached hydrogen (secondary N) is 1. The zero-order valence-corrected chi connectivity index (χ0v) is 14.9. The quantitative estimate of drug-likeness (QED) is 0.893. The second kappa shape index (κ2) is 6.81. The summed E-state index contributed by atoms with van der Waals surface area (Å²) in [4.78, 5) is 11.7. The zero-order valence-electron chi connectivity index (χ0n) is 14.9. The van der Waals surface area contributed by atoms with Crippen LogP contribution in [0.5, 0.6) is 0 Å². The highest BCUT2D eigenvalue weighted by molar-refractivity contribution is 5.67. The standard InChI is InChI=1S/C17H30N4O2/c1-11(2)19-16(22)23-13-8-6-12(7-9-13)14-10-15(18)21(20-14)17(3,4)5/h10-13H,6-9,18H2,1-5H3,(H,19,22). The molecule has 0 radical (unpaired) electrons. The van der Waals surface area contributed by atoms with Crippen LogP contribution in [-0.4, -0.2) is 28.0 Å². The van der Waals surface area contributed by atoms with Crippen LogP contribution in [0.2, 0.25) is 0 Å². The van der Waals surface area contributed by atoms with Crippen molar-refractivity contribution in [2.75, 3.05) is 5.73 Å². The van der Waals surface area contributed by atoms with Gasteiger partial charge in [0.05, 0.1) is 11.2 Å². The molecule has 6 nitrogen and oxygen atoms in total. The van der Waals surface area contributed by atoms with Gasteiger partial charge in [0.1, 0.15) is 11.9 Å². The molecule has 2 rings (SSSR count). The molecule has 130 valence electrons. The lowest BCUT2D eigenvalue weighted by atomic mass is 9.85. The molecule has 0 spiro atoms. The van der Waals surface area contributed by atoms with Gasteiger partial charge in [-0.3, -0.25) is 0 Å². The minimum Gasteiger partial charge on any atom is -0.446 e. The van der Waals surface area contributed by atoms with Crippen molar-refractivity contribution in [1.29, 1.82) is 0 Å². The van der Waals surface area contributed by atoms with E-state index in [0.29, 0.717) is 11.7 Å². The van der Waals surface area contributed by atoms with Crippen molar-refractivity contribution in [3.63, 3.8) is 0 Å². The van der Waals surface area contributed by atoms with Crippen molar-refractivity contribution in [3.05, 3.63) is 11.8 Å². The van der Waals surface area contributed by atoms with E-state index < -0.39 is 0 Å². The van der Waals surface area contributed by atoms with Gasteiger partial charge in [-0.05, 0) is 60.3 Å². The van der Waals surface area contributed by atoms with E-state index in [2.05, 4.69) is 26.1 Å². The first kappa shape index (κ1) is 17.6. The van der Waals surface area contributed by atoms with Crippen LogP contribution in [0.25, 0.3) is 0 Å². The molecule has 0 atom stereocenters. The van der Waals surface area contributed by atoms with E-state index >= 15 is 0 Å². The van der Waals surface area contributed by atoms with Crippen molar-refractivity contribution in [3.8, 4) is 0 Å². The summed E-state index contributed by atoms with van der Waals surface area (Å²) in [5.74, 6) is 1.11. The molecule has 3 N–H and O–H groups in total. The molecule has 1 aliphatic rings. The molecule has 1 fully saturated rings. The monoisotopic (exact) mass is 322 g/mol. The van der Waals surface area contributed by atoms with Crippen LogP contribution >= 0.6 is 0 Å². The number of nitrogen functional groups attached to an aromatic ring is 1. The maximum absolute atomic E-state index is 11.7. The third kappa shape index (κ3) is 4.62. The molecule has 1 amide bonds. The molecule has 1 aromatic rings. The van der Waals surface area contributed by atoms with Crippen molar-refractivity contribution >= 4 is 11.9 Å². The number of rotatable bonds is 3. The Morgan fingerprint density at radius 1 is 1.35 bits per heavy atom. The summed E-state index contributed by atoms with van der Waals surface area (Å²) in [6.45, 7) is 10.1. The fraction of sp³-hybridized carbons (Fsp3) is 0.765. The molecular weight excluding hydrogens is 292 g/mol. The molecule has 6 heteroatoms. The first-order valence-electron chi connectivity index (χ1n) is 8.50. The molecular formula is C17H30N4O2. The van der Waals surface area contributed by atoms with Crippen LogP contribution in [0.4, 0.5) is 10.6 Å². The fourth-order valence-corrected chi connectivity index (χ4v) is 3.05. The lowest BCUT2D eigenvalue weighted by Gasteiger charge is -2.28. The van der Waals surface area contributed by atoms with E-state index in [-0.39, 0.29) is 23.8 Å². The Hall–Kier alpha value is -1.72. The topological polar surface area (TPSA) is 82.2 Å². The van der Waals surface area contributed by atoms with Gasteiger partial charge in [0.25, 0.3) is 0 Å². The number of hydrogen-bond donors (Lipinski definition) is 2. The normalized spacial score (nSPS) is 22.2. The van der Waals surface area contributed by atoms with E-state index in [1.54, 1.807) is 0 Å². The molecule has 0 saturated heterocycles. The number of hydrogen-bond acceptors (Lipinski definition) is 4. The highest BCUT2D eigenvalue weighted by Crippen LogP contribution is 2.35. The van der Waals surface area contributed by atoms with Crippen molar-refractivity contribution in [1.82, 2.24) is 15.1 Å². The van der Waals surface area contributed by atoms with Gasteiger partial charge in [0.2, 0.25) is 0 Å². The molecule has 0 unspecified atom stereocenters. The van der Waals surface area contributed by atoms with Crippen LogP contribution in [0.1, 0.15) is 71.9 Å². The van der Waals surface area contributed by atoms with Gasteiger partial charge in [0.15, 0.2) is 0 Å². The molecule has 1 aromatic heterocycles. The number of carbonyl (C=O) groups excluding carboxylic acids is 1. The first-order chi connectivity index (χ1) is 10.7. The third-order valence-corrected chi connectivity index (χ3v) is 4.16. The predicted octanol–water partition coefficient (Wildman–Crippen LogP) is 3.38. The van der Waals surface area contributed by atoms with E-state index in [0.717, 1.165) is 31.4 Å². The van der Waals surface area contributed by atoms with Crippen molar-refractivity contribution < 1.29 is 9.53 Å². The molecule has 23 heavy (non-hydrogen) atoms. The predicted molar refractivity (Wildman–Crippen MR) is 91.4 cm³/mol. The van der Waals surface area contributed by atoms with Gasteiger partial charge in [0, 0.05) is 18.0 Å². The molecule has 1 saturated carbocycles. The van der Waals surface area contributed by atoms with Gasteiger partial charge in [-0.1, -0.05) is 0 Å². The number of anilines is 1. The molecule has 0 aromatic carbocycles. The van der Waals surface area contributed by atoms with Crippen molar-refractivity contribution in [2.45, 2.75) is 83.9 Å². The number of alkyl carbamates (subject to hydrolysis) is 1.